The summed E-state index contributed by atoms with van der Waals surface area (Å²) in [5, 5.41) is 0. The first-order valence-corrected chi connectivity index (χ1v) is 19.4. The highest BCUT2D eigenvalue weighted by atomic mass is 31.2. The van der Waals surface area contributed by atoms with Crippen LogP contribution in [0.4, 0.5) is 0 Å². The molecule has 3 saturated carbocycles. The zero-order valence-corrected chi connectivity index (χ0v) is 29.9. The number of phosphoric acid groups is 1. The molecule has 6 nitrogen and oxygen atoms in total. The minimum atomic E-state index is -3.99. The number of nitrogens with zero attached hydrogens (tertiary/aromatic N) is 1. The second kappa shape index (κ2) is 15.1. The molecule has 4 rings (SSSR count). The summed E-state index contributed by atoms with van der Waals surface area (Å²) in [5.41, 5.74) is 2.51. The van der Waals surface area contributed by atoms with Crippen molar-refractivity contribution < 1.29 is 23.2 Å². The third-order valence-electron chi connectivity index (χ3n) is 13.0. The average molecular weight is 624 g/mol. The van der Waals surface area contributed by atoms with E-state index in [2.05, 4.69) is 47.6 Å². The molecule has 43 heavy (non-hydrogen) atoms. The van der Waals surface area contributed by atoms with Crippen LogP contribution in [0.5, 0.6) is 0 Å². The molecule has 0 bridgehead atoms. The first-order chi connectivity index (χ1) is 20.3. The van der Waals surface area contributed by atoms with E-state index < -0.39 is 7.82 Å². The minimum Gasteiger partial charge on any atom is -0.378 e. The monoisotopic (exact) mass is 623 g/mol. The van der Waals surface area contributed by atoms with Crippen LogP contribution >= 0.6 is 7.82 Å². The van der Waals surface area contributed by atoms with E-state index in [9.17, 15) is 9.46 Å². The van der Waals surface area contributed by atoms with Crippen LogP contribution in [-0.2, 0) is 18.3 Å². The zero-order valence-electron chi connectivity index (χ0n) is 29.0. The Hall–Kier alpha value is -0.230. The highest BCUT2D eigenvalue weighted by Gasteiger charge is 2.59. The molecule has 0 aromatic rings. The predicted molar refractivity (Wildman–Crippen MR) is 177 cm³/mol. The first kappa shape index (κ1) is 35.6. The molecule has 0 amide bonds. The van der Waals surface area contributed by atoms with Crippen LogP contribution in [0.2, 0.25) is 0 Å². The Labute approximate surface area is 264 Å². The van der Waals surface area contributed by atoms with Gasteiger partial charge in [0.25, 0.3) is 0 Å². The van der Waals surface area contributed by atoms with Gasteiger partial charge in [-0.05, 0) is 131 Å². The third-order valence-corrected chi connectivity index (χ3v) is 14.0. The van der Waals surface area contributed by atoms with Gasteiger partial charge in [0, 0.05) is 13.2 Å². The molecule has 250 valence electrons. The molecular weight excluding hydrogens is 557 g/mol. The molecule has 7 heteroatoms. The van der Waals surface area contributed by atoms with E-state index in [0.29, 0.717) is 30.4 Å². The van der Waals surface area contributed by atoms with Crippen LogP contribution in [-0.4, -0.2) is 56.4 Å². The van der Waals surface area contributed by atoms with E-state index in [-0.39, 0.29) is 19.3 Å². The molecule has 1 N–H and O–H groups in total. The number of ether oxygens (including phenoxy) is 1. The van der Waals surface area contributed by atoms with Gasteiger partial charge >= 0.3 is 7.82 Å². The highest BCUT2D eigenvalue weighted by Crippen LogP contribution is 2.67. The minimum absolute atomic E-state index is 0.170. The normalized spacial score (nSPS) is 36.9. The van der Waals surface area contributed by atoms with Crippen LogP contribution in [0.1, 0.15) is 119 Å². The van der Waals surface area contributed by atoms with Crippen LogP contribution in [0.3, 0.4) is 0 Å². The van der Waals surface area contributed by atoms with Crippen LogP contribution in [0.25, 0.3) is 0 Å². The molecule has 10 atom stereocenters. The number of fused-ring (bicyclic) bond motifs is 5. The Kier molecular flexibility index (Phi) is 12.5. The highest BCUT2D eigenvalue weighted by molar-refractivity contribution is 7.47. The maximum atomic E-state index is 12.0. The Bertz CT molecular complexity index is 969. The van der Waals surface area contributed by atoms with Gasteiger partial charge in [0.2, 0.25) is 0 Å². The van der Waals surface area contributed by atoms with E-state index in [1.54, 1.807) is 5.57 Å². The molecule has 0 aromatic heterocycles. The summed E-state index contributed by atoms with van der Waals surface area (Å²) >= 11 is 0. The molecule has 4 aliphatic carbocycles. The third kappa shape index (κ3) is 8.38. The van der Waals surface area contributed by atoms with Crippen molar-refractivity contribution in [1.82, 2.24) is 4.90 Å². The Morgan fingerprint density at radius 3 is 2.44 bits per heavy atom. The van der Waals surface area contributed by atoms with Crippen molar-refractivity contribution in [2.24, 2.45) is 52.3 Å². The molecular formula is C36H66NO5P. The van der Waals surface area contributed by atoms with Crippen LogP contribution in [0, 0.1) is 52.3 Å². The Morgan fingerprint density at radius 1 is 1.00 bits per heavy atom. The number of rotatable bonds is 16. The van der Waals surface area contributed by atoms with Gasteiger partial charge in [-0.25, -0.2) is 4.57 Å². The lowest BCUT2D eigenvalue weighted by molar-refractivity contribution is -0.0646. The Balaban J connectivity index is 1.26. The summed E-state index contributed by atoms with van der Waals surface area (Å²) in [5.74, 6) is 6.01. The SMILES string of the molecule is CC[C@H](CC[C@@H](C)C1CCC2[C@@H]3CC=C4CC(OCCCOP(=O)(O)OCCN(C)C)CC[C@]4(C)C3CC[C@@]21C)C(C)C. The predicted octanol–water partition coefficient (Wildman–Crippen LogP) is 9.13. The summed E-state index contributed by atoms with van der Waals surface area (Å²) in [6.07, 6.45) is 18.0. The molecule has 0 heterocycles. The fourth-order valence-electron chi connectivity index (χ4n) is 10.3. The van der Waals surface area contributed by atoms with E-state index in [0.717, 1.165) is 54.3 Å². The molecule has 0 aliphatic heterocycles. The molecule has 3 fully saturated rings. The first-order valence-electron chi connectivity index (χ1n) is 17.9. The zero-order chi connectivity index (χ0) is 31.4. The van der Waals surface area contributed by atoms with E-state index in [1.165, 1.54) is 57.8 Å². The number of hydrogen-bond donors (Lipinski definition) is 1. The molecule has 0 spiro atoms. The number of allylic oxidation sites excluding steroid dienone is 1. The molecule has 0 radical (unpaired) electrons. The van der Waals surface area contributed by atoms with Crippen molar-refractivity contribution in [1.29, 1.82) is 0 Å². The van der Waals surface area contributed by atoms with Crippen molar-refractivity contribution in [3.05, 3.63) is 11.6 Å². The summed E-state index contributed by atoms with van der Waals surface area (Å²) in [7, 11) is -0.199. The smallest absolute Gasteiger partial charge is 0.378 e. The van der Waals surface area contributed by atoms with Crippen molar-refractivity contribution in [3.63, 3.8) is 0 Å². The lowest BCUT2D eigenvalue weighted by atomic mass is 9.47. The van der Waals surface area contributed by atoms with Crippen molar-refractivity contribution in [3.8, 4) is 0 Å². The topological polar surface area (TPSA) is 68.2 Å². The van der Waals surface area contributed by atoms with Gasteiger partial charge in [-0.2, -0.15) is 0 Å². The fourth-order valence-corrected chi connectivity index (χ4v) is 11.0. The molecule has 0 saturated heterocycles. The van der Waals surface area contributed by atoms with Gasteiger partial charge in [0.15, 0.2) is 0 Å². The largest absolute Gasteiger partial charge is 0.472 e. The molecule has 0 aromatic carbocycles. The van der Waals surface area contributed by atoms with Gasteiger partial charge in [-0.15, -0.1) is 0 Å². The number of hydrogen-bond acceptors (Lipinski definition) is 5. The standard InChI is InChI=1S/C36H66NO5P/c1-9-28(26(2)3)12-11-27(4)32-15-16-33-31-14-13-29-25-30(17-19-35(29,5)34(31)18-20-36(32,33)6)40-22-10-23-41-43(38,39)42-24-21-37(7)8/h13,26-28,30-34H,9-12,14-25H2,1-8H3,(H,38,39)/t27-,28-,30?,31+,32?,33?,34?,35+,36-/m1/s1. The second-order valence-electron chi connectivity index (χ2n) is 16.0. The summed E-state index contributed by atoms with van der Waals surface area (Å²) < 4.78 is 28.5. The van der Waals surface area contributed by atoms with E-state index in [1.807, 2.05) is 19.0 Å². The van der Waals surface area contributed by atoms with Crippen molar-refractivity contribution in [2.75, 3.05) is 40.5 Å². The average Bonchev–Trinajstić information content (AvgIpc) is 3.30. The Morgan fingerprint density at radius 2 is 1.74 bits per heavy atom. The molecule has 5 unspecified atom stereocenters. The lowest BCUT2D eigenvalue weighted by Crippen LogP contribution is -2.51. The number of phosphoric ester groups is 1. The molecule has 4 aliphatic rings. The van der Waals surface area contributed by atoms with E-state index >= 15 is 0 Å². The summed E-state index contributed by atoms with van der Waals surface area (Å²) in [6, 6.07) is 0. The summed E-state index contributed by atoms with van der Waals surface area (Å²) in [6.45, 7) is 16.6. The van der Waals surface area contributed by atoms with Crippen molar-refractivity contribution >= 4 is 7.82 Å². The van der Waals surface area contributed by atoms with Crippen molar-refractivity contribution in [2.45, 2.75) is 125 Å². The quantitative estimate of drug-likeness (QED) is 0.105. The fraction of sp³-hybridized carbons (Fsp3) is 0.944. The number of likely N-dealkylation sites (N-methyl/N-ethyl adjacent to an activating group) is 1. The summed E-state index contributed by atoms with van der Waals surface area (Å²) in [4.78, 5) is 11.8. The van der Waals surface area contributed by atoms with Crippen LogP contribution < -0.4 is 0 Å². The van der Waals surface area contributed by atoms with E-state index in [4.69, 9.17) is 13.8 Å². The lowest BCUT2D eigenvalue weighted by Gasteiger charge is -2.58. The van der Waals surface area contributed by atoms with Gasteiger partial charge in [-0.1, -0.05) is 66.0 Å². The van der Waals surface area contributed by atoms with Gasteiger partial charge < -0.3 is 14.5 Å². The van der Waals surface area contributed by atoms with Gasteiger partial charge in [-0.3, -0.25) is 9.05 Å². The van der Waals surface area contributed by atoms with Crippen LogP contribution in [0.15, 0.2) is 11.6 Å². The van der Waals surface area contributed by atoms with Gasteiger partial charge in [0.05, 0.1) is 19.3 Å². The second-order valence-corrected chi connectivity index (χ2v) is 17.4. The van der Waals surface area contributed by atoms with Gasteiger partial charge in [0.1, 0.15) is 0 Å². The maximum Gasteiger partial charge on any atom is 0.472 e. The maximum absolute atomic E-state index is 12.0.